The van der Waals surface area contributed by atoms with Gasteiger partial charge in [0.15, 0.2) is 9.84 Å². The summed E-state index contributed by atoms with van der Waals surface area (Å²) in [4.78, 5) is 20.9. The summed E-state index contributed by atoms with van der Waals surface area (Å²) in [6.45, 7) is 0. The van der Waals surface area contributed by atoms with Gasteiger partial charge in [-0.25, -0.2) is 17.6 Å². The molecule has 0 atom stereocenters. The highest BCUT2D eigenvalue weighted by Crippen LogP contribution is 2.15. The van der Waals surface area contributed by atoms with E-state index in [9.17, 15) is 22.4 Å². The minimum Gasteiger partial charge on any atom is -0.475 e. The summed E-state index contributed by atoms with van der Waals surface area (Å²) in [5.74, 6) is -4.39. The fraction of sp³-hybridized carbons (Fsp3) is 0.111. The van der Waals surface area contributed by atoms with Crippen LogP contribution in [0, 0.1) is 5.82 Å². The molecule has 0 spiro atoms. The smallest absolute Gasteiger partial charge is 0.377 e. The van der Waals surface area contributed by atoms with E-state index in [0.717, 1.165) is 18.4 Å². The number of halogens is 1. The Kier molecular flexibility index (Phi) is 3.09. The summed E-state index contributed by atoms with van der Waals surface area (Å²) in [5, 5.41) is 8.35. The van der Waals surface area contributed by atoms with Crippen molar-refractivity contribution in [1.82, 2.24) is 0 Å². The van der Waals surface area contributed by atoms with E-state index in [1.54, 1.807) is 0 Å². The second-order valence-electron chi connectivity index (χ2n) is 3.05. The number of aliphatic carboxylic acids is 1. The molecule has 0 saturated carbocycles. The molecule has 0 amide bonds. The van der Waals surface area contributed by atoms with E-state index in [-0.39, 0.29) is 4.90 Å². The lowest BCUT2D eigenvalue weighted by atomic mass is 10.1. The van der Waals surface area contributed by atoms with Crippen molar-refractivity contribution in [1.29, 1.82) is 0 Å². The molecule has 0 heterocycles. The van der Waals surface area contributed by atoms with Gasteiger partial charge in [-0.2, -0.15) is 0 Å². The van der Waals surface area contributed by atoms with E-state index >= 15 is 0 Å². The zero-order valence-corrected chi connectivity index (χ0v) is 8.91. The van der Waals surface area contributed by atoms with Crippen molar-refractivity contribution in [3.63, 3.8) is 0 Å². The molecule has 0 aliphatic rings. The molecule has 7 heteroatoms. The second kappa shape index (κ2) is 4.01. The van der Waals surface area contributed by atoms with Crippen LogP contribution in [0.25, 0.3) is 0 Å². The minimum atomic E-state index is -3.59. The molecule has 0 unspecified atom stereocenters. The Hall–Kier alpha value is -1.76. The Labute approximate surface area is 90.4 Å². The molecule has 0 aliphatic carbocycles. The average molecular weight is 246 g/mol. The lowest BCUT2D eigenvalue weighted by molar-refractivity contribution is -0.131. The summed E-state index contributed by atoms with van der Waals surface area (Å²) in [6, 6.07) is 2.43. The van der Waals surface area contributed by atoms with Crippen LogP contribution >= 0.6 is 0 Å². The predicted molar refractivity (Wildman–Crippen MR) is 51.5 cm³/mol. The molecule has 0 saturated heterocycles. The topological polar surface area (TPSA) is 88.5 Å². The monoisotopic (exact) mass is 246 g/mol. The lowest BCUT2D eigenvalue weighted by Crippen LogP contribution is -2.14. The van der Waals surface area contributed by atoms with Crippen LogP contribution in [0.1, 0.15) is 10.4 Å². The number of benzene rings is 1. The predicted octanol–water partition coefficient (Wildman–Crippen LogP) is 0.497. The molecule has 0 bridgehead atoms. The standard InChI is InChI=1S/C9H7FO5S/c1-16(14,15)5-2-3-6(7(10)4-5)8(11)9(12)13/h2-4H,1H3,(H,12,13). The number of hydrogen-bond acceptors (Lipinski definition) is 4. The number of ketones is 1. The molecule has 0 aromatic heterocycles. The SMILES string of the molecule is CS(=O)(=O)c1ccc(C(=O)C(=O)O)c(F)c1. The van der Waals surface area contributed by atoms with Crippen LogP contribution < -0.4 is 0 Å². The summed E-state index contributed by atoms with van der Waals surface area (Å²) in [5.41, 5.74) is -0.667. The van der Waals surface area contributed by atoms with Crippen LogP contribution in [-0.4, -0.2) is 31.5 Å². The molecule has 0 aliphatic heterocycles. The Morgan fingerprint density at radius 3 is 2.25 bits per heavy atom. The molecule has 5 nitrogen and oxygen atoms in total. The van der Waals surface area contributed by atoms with E-state index in [4.69, 9.17) is 5.11 Å². The van der Waals surface area contributed by atoms with Crippen LogP contribution in [0.15, 0.2) is 23.1 Å². The fourth-order valence-corrected chi connectivity index (χ4v) is 1.66. The molecule has 0 fully saturated rings. The Morgan fingerprint density at radius 1 is 1.31 bits per heavy atom. The van der Waals surface area contributed by atoms with Gasteiger partial charge >= 0.3 is 5.97 Å². The van der Waals surface area contributed by atoms with Gasteiger partial charge in [0.05, 0.1) is 10.5 Å². The molecule has 16 heavy (non-hydrogen) atoms. The number of Topliss-reactive ketones (excluding diaryl/α,β-unsaturated/α-hetero) is 1. The minimum absolute atomic E-state index is 0.313. The van der Waals surface area contributed by atoms with E-state index in [1.165, 1.54) is 0 Å². The number of carboxylic acids is 1. The molecule has 1 rings (SSSR count). The zero-order chi connectivity index (χ0) is 12.5. The number of carbonyl (C=O) groups excluding carboxylic acids is 1. The molecule has 0 radical (unpaired) electrons. The van der Waals surface area contributed by atoms with Gasteiger partial charge in [-0.15, -0.1) is 0 Å². The first kappa shape index (κ1) is 12.3. The molecule has 86 valence electrons. The maximum atomic E-state index is 13.2. The number of sulfone groups is 1. The lowest BCUT2D eigenvalue weighted by Gasteiger charge is -2.01. The molecular formula is C9H7FO5S. The number of rotatable bonds is 3. The first-order valence-electron chi connectivity index (χ1n) is 4.00. The van der Waals surface area contributed by atoms with Crippen LogP contribution in [0.5, 0.6) is 0 Å². The highest BCUT2D eigenvalue weighted by atomic mass is 32.2. The Balaban J connectivity index is 3.31. The van der Waals surface area contributed by atoms with Gasteiger partial charge in [-0.1, -0.05) is 0 Å². The first-order valence-corrected chi connectivity index (χ1v) is 5.90. The summed E-state index contributed by atoms with van der Waals surface area (Å²) in [7, 11) is -3.59. The van der Waals surface area contributed by atoms with Gasteiger partial charge in [-0.05, 0) is 18.2 Å². The van der Waals surface area contributed by atoms with E-state index in [2.05, 4.69) is 0 Å². The van der Waals surface area contributed by atoms with Crippen molar-refractivity contribution >= 4 is 21.6 Å². The van der Waals surface area contributed by atoms with Crippen LogP contribution in [0.4, 0.5) is 4.39 Å². The average Bonchev–Trinajstić information content (AvgIpc) is 2.15. The van der Waals surface area contributed by atoms with Crippen molar-refractivity contribution in [2.45, 2.75) is 4.90 Å². The van der Waals surface area contributed by atoms with Gasteiger partial charge in [0.25, 0.3) is 5.78 Å². The Morgan fingerprint density at radius 2 is 1.88 bits per heavy atom. The van der Waals surface area contributed by atoms with Gasteiger partial charge in [0.2, 0.25) is 0 Å². The second-order valence-corrected chi connectivity index (χ2v) is 5.06. The normalized spacial score (nSPS) is 11.1. The number of carboxylic acid groups (broad SMARTS) is 1. The highest BCUT2D eigenvalue weighted by Gasteiger charge is 2.20. The van der Waals surface area contributed by atoms with Gasteiger partial charge in [0, 0.05) is 6.26 Å². The third-order valence-electron chi connectivity index (χ3n) is 1.81. The fourth-order valence-electron chi connectivity index (χ4n) is 1.03. The third-order valence-corrected chi connectivity index (χ3v) is 2.92. The van der Waals surface area contributed by atoms with Crippen molar-refractivity contribution in [2.75, 3.05) is 6.26 Å². The van der Waals surface area contributed by atoms with Crippen LogP contribution in [0.2, 0.25) is 0 Å². The van der Waals surface area contributed by atoms with Crippen LogP contribution in [0.3, 0.4) is 0 Å². The zero-order valence-electron chi connectivity index (χ0n) is 8.10. The van der Waals surface area contributed by atoms with Crippen molar-refractivity contribution in [3.05, 3.63) is 29.6 Å². The number of hydrogen-bond donors (Lipinski definition) is 1. The Bertz CT molecular complexity index is 561. The summed E-state index contributed by atoms with van der Waals surface area (Å²) >= 11 is 0. The van der Waals surface area contributed by atoms with Gasteiger partial charge in [-0.3, -0.25) is 4.79 Å². The van der Waals surface area contributed by atoms with Crippen molar-refractivity contribution in [3.8, 4) is 0 Å². The van der Waals surface area contributed by atoms with Gasteiger partial charge < -0.3 is 5.11 Å². The summed E-state index contributed by atoms with van der Waals surface area (Å²) < 4.78 is 35.3. The largest absolute Gasteiger partial charge is 0.475 e. The first-order chi connectivity index (χ1) is 7.23. The van der Waals surface area contributed by atoms with Crippen LogP contribution in [-0.2, 0) is 14.6 Å². The molecule has 1 aromatic rings. The van der Waals surface area contributed by atoms with Gasteiger partial charge in [0.1, 0.15) is 5.82 Å². The maximum Gasteiger partial charge on any atom is 0.377 e. The molecular weight excluding hydrogens is 239 g/mol. The molecule has 1 aromatic carbocycles. The molecule has 1 N–H and O–H groups in total. The summed E-state index contributed by atoms with van der Waals surface area (Å²) in [6.07, 6.45) is 0.875. The third kappa shape index (κ3) is 2.43. The number of carbonyl (C=O) groups is 2. The van der Waals surface area contributed by atoms with Crippen molar-refractivity contribution in [2.24, 2.45) is 0 Å². The van der Waals surface area contributed by atoms with E-state index < -0.39 is 33.0 Å². The van der Waals surface area contributed by atoms with Crippen molar-refractivity contribution < 1.29 is 27.5 Å². The van der Waals surface area contributed by atoms with E-state index in [1.807, 2.05) is 0 Å². The van der Waals surface area contributed by atoms with E-state index in [0.29, 0.717) is 6.07 Å². The maximum absolute atomic E-state index is 13.2. The quantitative estimate of drug-likeness (QED) is 0.619. The highest BCUT2D eigenvalue weighted by molar-refractivity contribution is 7.90.